The van der Waals surface area contributed by atoms with E-state index in [2.05, 4.69) is 9.88 Å². The number of pyridine rings is 1. The van der Waals surface area contributed by atoms with E-state index in [9.17, 15) is 10.2 Å². The van der Waals surface area contributed by atoms with Gasteiger partial charge in [-0.15, -0.1) is 0 Å². The van der Waals surface area contributed by atoms with Crippen LogP contribution in [0, 0.1) is 11.8 Å². The number of aliphatic hydroxyl groups excluding tert-OH is 2. The molecule has 4 atom stereocenters. The SMILES string of the molecule is CC(O)c1ccnc(N2CC3CCC(O)C3C2)c1. The maximum atomic E-state index is 9.92. The molecule has 2 fully saturated rings. The van der Waals surface area contributed by atoms with Crippen LogP contribution >= 0.6 is 0 Å². The highest BCUT2D eigenvalue weighted by Crippen LogP contribution is 2.39. The maximum absolute atomic E-state index is 9.92. The monoisotopic (exact) mass is 248 g/mol. The first-order chi connectivity index (χ1) is 8.65. The minimum Gasteiger partial charge on any atom is -0.393 e. The second kappa shape index (κ2) is 4.52. The van der Waals surface area contributed by atoms with Crippen molar-refractivity contribution in [2.75, 3.05) is 18.0 Å². The van der Waals surface area contributed by atoms with Gasteiger partial charge in [0, 0.05) is 25.2 Å². The third-order valence-corrected chi connectivity index (χ3v) is 4.40. The van der Waals surface area contributed by atoms with E-state index in [1.807, 2.05) is 12.1 Å². The summed E-state index contributed by atoms with van der Waals surface area (Å²) in [7, 11) is 0. The van der Waals surface area contributed by atoms with E-state index in [0.29, 0.717) is 11.8 Å². The fourth-order valence-corrected chi connectivity index (χ4v) is 3.29. The molecule has 0 aromatic carbocycles. The molecule has 0 spiro atoms. The molecular weight excluding hydrogens is 228 g/mol. The van der Waals surface area contributed by atoms with Crippen LogP contribution in [0.4, 0.5) is 5.82 Å². The van der Waals surface area contributed by atoms with Crippen LogP contribution in [0.5, 0.6) is 0 Å². The highest BCUT2D eigenvalue weighted by molar-refractivity contribution is 5.43. The zero-order valence-electron chi connectivity index (χ0n) is 10.7. The van der Waals surface area contributed by atoms with Crippen LogP contribution in [0.25, 0.3) is 0 Å². The van der Waals surface area contributed by atoms with Crippen molar-refractivity contribution >= 4 is 5.82 Å². The molecule has 1 saturated carbocycles. The first-order valence-corrected chi connectivity index (χ1v) is 6.72. The first kappa shape index (κ1) is 11.9. The van der Waals surface area contributed by atoms with E-state index in [0.717, 1.165) is 37.3 Å². The number of hydrogen-bond donors (Lipinski definition) is 2. The second-order valence-corrected chi connectivity index (χ2v) is 5.60. The molecule has 1 aromatic heterocycles. The highest BCUT2D eigenvalue weighted by atomic mass is 16.3. The molecule has 98 valence electrons. The number of anilines is 1. The molecular formula is C14H20N2O2. The smallest absolute Gasteiger partial charge is 0.128 e. The van der Waals surface area contributed by atoms with Gasteiger partial charge in [0.25, 0.3) is 0 Å². The molecule has 1 aliphatic carbocycles. The van der Waals surface area contributed by atoms with E-state index < -0.39 is 6.10 Å². The van der Waals surface area contributed by atoms with Gasteiger partial charge >= 0.3 is 0 Å². The molecule has 4 nitrogen and oxygen atoms in total. The predicted molar refractivity (Wildman–Crippen MR) is 69.3 cm³/mol. The Balaban J connectivity index is 1.78. The van der Waals surface area contributed by atoms with Crippen LogP contribution in [0.1, 0.15) is 31.4 Å². The lowest BCUT2D eigenvalue weighted by molar-refractivity contribution is 0.133. The Bertz CT molecular complexity index is 436. The number of fused-ring (bicyclic) bond motifs is 1. The summed E-state index contributed by atoms with van der Waals surface area (Å²) in [6, 6.07) is 3.80. The fraction of sp³-hybridized carbons (Fsp3) is 0.643. The molecule has 18 heavy (non-hydrogen) atoms. The molecule has 3 rings (SSSR count). The minimum absolute atomic E-state index is 0.139. The molecule has 0 bridgehead atoms. The molecule has 0 amide bonds. The molecule has 2 N–H and O–H groups in total. The summed E-state index contributed by atoms with van der Waals surface area (Å²) in [6.45, 7) is 3.64. The number of aromatic nitrogens is 1. The number of hydrogen-bond acceptors (Lipinski definition) is 4. The zero-order chi connectivity index (χ0) is 12.7. The van der Waals surface area contributed by atoms with Crippen molar-refractivity contribution in [2.45, 2.75) is 32.0 Å². The fourth-order valence-electron chi connectivity index (χ4n) is 3.29. The van der Waals surface area contributed by atoms with E-state index in [4.69, 9.17) is 0 Å². The van der Waals surface area contributed by atoms with Crippen LogP contribution < -0.4 is 4.90 Å². The van der Waals surface area contributed by atoms with E-state index >= 15 is 0 Å². The average Bonchev–Trinajstić information content (AvgIpc) is 2.92. The Labute approximate surface area is 107 Å². The molecule has 4 heteroatoms. The summed E-state index contributed by atoms with van der Waals surface area (Å²) >= 11 is 0. The molecule has 1 aliphatic heterocycles. The van der Waals surface area contributed by atoms with Crippen LogP contribution in [-0.2, 0) is 0 Å². The van der Waals surface area contributed by atoms with Crippen molar-refractivity contribution in [1.29, 1.82) is 0 Å². The van der Waals surface area contributed by atoms with Crippen molar-refractivity contribution in [1.82, 2.24) is 4.98 Å². The Hall–Kier alpha value is -1.13. The Kier molecular flexibility index (Phi) is 2.99. The molecule has 2 aliphatic rings. The quantitative estimate of drug-likeness (QED) is 0.829. The predicted octanol–water partition coefficient (Wildman–Crippen LogP) is 1.34. The second-order valence-electron chi connectivity index (χ2n) is 5.60. The number of rotatable bonds is 2. The lowest BCUT2D eigenvalue weighted by Crippen LogP contribution is -2.25. The van der Waals surface area contributed by atoms with E-state index in [1.54, 1.807) is 13.1 Å². The van der Waals surface area contributed by atoms with Crippen LogP contribution in [0.2, 0.25) is 0 Å². The van der Waals surface area contributed by atoms with Gasteiger partial charge < -0.3 is 15.1 Å². The lowest BCUT2D eigenvalue weighted by atomic mass is 10.00. The summed E-state index contributed by atoms with van der Waals surface area (Å²) in [5.41, 5.74) is 0.901. The van der Waals surface area contributed by atoms with Crippen LogP contribution in [0.3, 0.4) is 0 Å². The largest absolute Gasteiger partial charge is 0.393 e. The van der Waals surface area contributed by atoms with Crippen LogP contribution in [0.15, 0.2) is 18.3 Å². The third-order valence-electron chi connectivity index (χ3n) is 4.40. The van der Waals surface area contributed by atoms with Gasteiger partial charge in [-0.25, -0.2) is 4.98 Å². The highest BCUT2D eigenvalue weighted by Gasteiger charge is 2.42. The zero-order valence-corrected chi connectivity index (χ0v) is 10.7. The molecule has 4 unspecified atom stereocenters. The van der Waals surface area contributed by atoms with Gasteiger partial charge in [-0.1, -0.05) is 0 Å². The van der Waals surface area contributed by atoms with Gasteiger partial charge in [0.15, 0.2) is 0 Å². The Morgan fingerprint density at radius 2 is 2.22 bits per heavy atom. The molecule has 1 saturated heterocycles. The molecule has 0 radical (unpaired) electrons. The Morgan fingerprint density at radius 1 is 1.39 bits per heavy atom. The topological polar surface area (TPSA) is 56.6 Å². The summed E-state index contributed by atoms with van der Waals surface area (Å²) in [4.78, 5) is 6.63. The first-order valence-electron chi connectivity index (χ1n) is 6.72. The summed E-state index contributed by atoms with van der Waals surface area (Å²) in [5.74, 6) is 1.94. The van der Waals surface area contributed by atoms with Crippen molar-refractivity contribution in [2.24, 2.45) is 11.8 Å². The number of aliphatic hydroxyl groups is 2. The van der Waals surface area contributed by atoms with Gasteiger partial charge in [-0.05, 0) is 43.4 Å². The van der Waals surface area contributed by atoms with Crippen molar-refractivity contribution in [3.63, 3.8) is 0 Å². The minimum atomic E-state index is -0.459. The Morgan fingerprint density at radius 3 is 2.94 bits per heavy atom. The average molecular weight is 248 g/mol. The van der Waals surface area contributed by atoms with Gasteiger partial charge in [-0.3, -0.25) is 0 Å². The summed E-state index contributed by atoms with van der Waals surface area (Å²) < 4.78 is 0. The molecule has 1 aromatic rings. The van der Waals surface area contributed by atoms with Crippen LogP contribution in [-0.4, -0.2) is 34.4 Å². The van der Waals surface area contributed by atoms with Crippen molar-refractivity contribution < 1.29 is 10.2 Å². The van der Waals surface area contributed by atoms with E-state index in [-0.39, 0.29) is 6.10 Å². The van der Waals surface area contributed by atoms with Gasteiger partial charge in [0.2, 0.25) is 0 Å². The molecule has 2 heterocycles. The van der Waals surface area contributed by atoms with Crippen molar-refractivity contribution in [3.05, 3.63) is 23.9 Å². The maximum Gasteiger partial charge on any atom is 0.128 e. The lowest BCUT2D eigenvalue weighted by Gasteiger charge is -2.20. The summed E-state index contributed by atoms with van der Waals surface area (Å²) in [6.07, 6.45) is 3.23. The van der Waals surface area contributed by atoms with Gasteiger partial charge in [0.05, 0.1) is 12.2 Å². The standard InChI is InChI=1S/C14H20N2O2/c1-9(17)10-4-5-15-14(6-10)16-7-11-2-3-13(18)12(11)8-16/h4-6,9,11-13,17-18H,2-3,7-8H2,1H3. The van der Waals surface area contributed by atoms with Crippen molar-refractivity contribution in [3.8, 4) is 0 Å². The summed E-state index contributed by atoms with van der Waals surface area (Å²) in [5, 5.41) is 19.5. The van der Waals surface area contributed by atoms with Gasteiger partial charge in [-0.2, -0.15) is 0 Å². The normalized spacial score (nSPS) is 32.6. The number of nitrogens with zero attached hydrogens (tertiary/aromatic N) is 2. The third kappa shape index (κ3) is 1.99. The van der Waals surface area contributed by atoms with E-state index in [1.165, 1.54) is 0 Å². The van der Waals surface area contributed by atoms with Gasteiger partial charge in [0.1, 0.15) is 5.82 Å².